The van der Waals surface area contributed by atoms with E-state index in [2.05, 4.69) is 4.98 Å². The van der Waals surface area contributed by atoms with Crippen molar-refractivity contribution in [3.8, 4) is 5.75 Å². The average molecular weight is 303 g/mol. The first-order chi connectivity index (χ1) is 8.56. The molecule has 0 aliphatic rings. The van der Waals surface area contributed by atoms with Crippen molar-refractivity contribution in [3.63, 3.8) is 0 Å². The zero-order valence-electron chi connectivity index (χ0n) is 9.58. The molecule has 0 unspecified atom stereocenters. The van der Waals surface area contributed by atoms with Crippen molar-refractivity contribution in [2.24, 2.45) is 0 Å². The van der Waals surface area contributed by atoms with Gasteiger partial charge in [-0.15, -0.1) is 0 Å². The number of rotatable bonds is 3. The molecule has 0 bridgehead atoms. The molecule has 2 rings (SSSR count). The zero-order chi connectivity index (χ0) is 13.1. The van der Waals surface area contributed by atoms with E-state index in [1.165, 1.54) is 0 Å². The minimum Gasteiger partial charge on any atom is -0.487 e. The minimum atomic E-state index is 0.266. The third-order valence-corrected chi connectivity index (χ3v) is 3.18. The molecule has 0 aliphatic heterocycles. The second-order valence-electron chi connectivity index (χ2n) is 3.76. The first-order valence-electron chi connectivity index (χ1n) is 5.26. The Kier molecular flexibility index (Phi) is 4.33. The summed E-state index contributed by atoms with van der Waals surface area (Å²) in [5.74, 6) is 0.747. The van der Waals surface area contributed by atoms with Gasteiger partial charge in [0.2, 0.25) is 0 Å². The Bertz CT molecular complexity index is 572. The largest absolute Gasteiger partial charge is 0.487 e. The van der Waals surface area contributed by atoms with Gasteiger partial charge >= 0.3 is 0 Å². The van der Waals surface area contributed by atoms with Crippen molar-refractivity contribution < 1.29 is 4.74 Å². The summed E-state index contributed by atoms with van der Waals surface area (Å²) in [5.41, 5.74) is 1.57. The standard InChI is InChI=1S/C13H10Cl3NO/c1-8-6-9(14)2-4-12(8)18-7-11-10(15)3-5-13(16)17-11/h2-6H,7H2,1H3. The summed E-state index contributed by atoms with van der Waals surface area (Å²) in [5, 5.41) is 1.61. The van der Waals surface area contributed by atoms with Gasteiger partial charge in [-0.3, -0.25) is 0 Å². The van der Waals surface area contributed by atoms with Crippen LogP contribution in [0, 0.1) is 6.92 Å². The van der Waals surface area contributed by atoms with Crippen molar-refractivity contribution >= 4 is 34.8 Å². The molecule has 0 atom stereocenters. The molecule has 18 heavy (non-hydrogen) atoms. The summed E-state index contributed by atoms with van der Waals surface area (Å²) in [6, 6.07) is 8.77. The highest BCUT2D eigenvalue weighted by Gasteiger charge is 2.06. The fraction of sp³-hybridized carbons (Fsp3) is 0.154. The molecule has 0 aliphatic carbocycles. The highest BCUT2D eigenvalue weighted by atomic mass is 35.5. The molecular formula is C13H10Cl3NO. The Labute approximate surface area is 120 Å². The smallest absolute Gasteiger partial charge is 0.132 e. The van der Waals surface area contributed by atoms with Gasteiger partial charge in [-0.05, 0) is 42.8 Å². The number of aryl methyl sites for hydroxylation is 1. The van der Waals surface area contributed by atoms with E-state index in [1.807, 2.05) is 19.1 Å². The maximum Gasteiger partial charge on any atom is 0.132 e. The van der Waals surface area contributed by atoms with Gasteiger partial charge in [0.15, 0.2) is 0 Å². The molecule has 0 spiro atoms. The van der Waals surface area contributed by atoms with Crippen molar-refractivity contribution in [2.45, 2.75) is 13.5 Å². The molecule has 94 valence electrons. The molecule has 0 fully saturated rings. The lowest BCUT2D eigenvalue weighted by Gasteiger charge is -2.10. The van der Waals surface area contributed by atoms with Gasteiger partial charge < -0.3 is 4.74 Å². The number of hydrogen-bond donors (Lipinski definition) is 0. The van der Waals surface area contributed by atoms with Crippen LogP contribution >= 0.6 is 34.8 Å². The van der Waals surface area contributed by atoms with Crippen LogP contribution in [0.1, 0.15) is 11.3 Å². The Morgan fingerprint density at radius 2 is 1.89 bits per heavy atom. The first kappa shape index (κ1) is 13.5. The van der Waals surface area contributed by atoms with E-state index < -0.39 is 0 Å². The van der Waals surface area contributed by atoms with Crippen LogP contribution in [-0.2, 0) is 6.61 Å². The van der Waals surface area contributed by atoms with Gasteiger partial charge in [0.25, 0.3) is 0 Å². The molecule has 0 N–H and O–H groups in total. The van der Waals surface area contributed by atoms with Gasteiger partial charge in [-0.2, -0.15) is 0 Å². The SMILES string of the molecule is Cc1cc(Cl)ccc1OCc1nc(Cl)ccc1Cl. The van der Waals surface area contributed by atoms with Crippen LogP contribution in [0.4, 0.5) is 0 Å². The lowest BCUT2D eigenvalue weighted by Crippen LogP contribution is -2.00. The quantitative estimate of drug-likeness (QED) is 0.750. The van der Waals surface area contributed by atoms with E-state index in [-0.39, 0.29) is 6.61 Å². The summed E-state index contributed by atoms with van der Waals surface area (Å²) in [7, 11) is 0. The van der Waals surface area contributed by atoms with Gasteiger partial charge in [-0.25, -0.2) is 4.98 Å². The van der Waals surface area contributed by atoms with Crippen LogP contribution in [0.15, 0.2) is 30.3 Å². The molecule has 1 aromatic carbocycles. The van der Waals surface area contributed by atoms with Crippen molar-refractivity contribution in [1.82, 2.24) is 4.98 Å². The van der Waals surface area contributed by atoms with Crippen molar-refractivity contribution in [3.05, 3.63) is 56.8 Å². The van der Waals surface area contributed by atoms with E-state index in [0.29, 0.717) is 20.9 Å². The molecule has 0 saturated heterocycles. The number of hydrogen-bond acceptors (Lipinski definition) is 2. The van der Waals surface area contributed by atoms with Crippen LogP contribution in [0.25, 0.3) is 0 Å². The first-order valence-corrected chi connectivity index (χ1v) is 6.39. The summed E-state index contributed by atoms with van der Waals surface area (Å²) in [6.45, 7) is 2.19. The summed E-state index contributed by atoms with van der Waals surface area (Å²) in [6.07, 6.45) is 0. The summed E-state index contributed by atoms with van der Waals surface area (Å²) >= 11 is 17.7. The van der Waals surface area contributed by atoms with E-state index in [4.69, 9.17) is 39.5 Å². The molecule has 2 nitrogen and oxygen atoms in total. The highest BCUT2D eigenvalue weighted by molar-refractivity contribution is 6.32. The number of nitrogens with zero attached hydrogens (tertiary/aromatic N) is 1. The van der Waals surface area contributed by atoms with Crippen LogP contribution < -0.4 is 4.74 Å². The minimum absolute atomic E-state index is 0.266. The number of pyridine rings is 1. The molecule has 2 aromatic rings. The van der Waals surface area contributed by atoms with Crippen LogP contribution in [-0.4, -0.2) is 4.98 Å². The molecule has 0 amide bonds. The maximum atomic E-state index is 6.01. The fourth-order valence-electron chi connectivity index (χ4n) is 1.48. The lowest BCUT2D eigenvalue weighted by atomic mass is 10.2. The number of halogens is 3. The van der Waals surface area contributed by atoms with Gasteiger partial charge in [-0.1, -0.05) is 34.8 Å². The second kappa shape index (κ2) is 5.79. The molecule has 0 radical (unpaired) electrons. The van der Waals surface area contributed by atoms with Crippen LogP contribution in [0.2, 0.25) is 15.2 Å². The molecule has 1 heterocycles. The van der Waals surface area contributed by atoms with Crippen LogP contribution in [0.3, 0.4) is 0 Å². The fourth-order valence-corrected chi connectivity index (χ4v) is 2.03. The normalized spacial score (nSPS) is 10.4. The molecule has 0 saturated carbocycles. The Morgan fingerprint density at radius 1 is 1.11 bits per heavy atom. The third-order valence-electron chi connectivity index (χ3n) is 2.39. The van der Waals surface area contributed by atoms with E-state index in [0.717, 1.165) is 11.3 Å². The second-order valence-corrected chi connectivity index (χ2v) is 4.99. The van der Waals surface area contributed by atoms with Crippen LogP contribution in [0.5, 0.6) is 5.75 Å². The Morgan fingerprint density at radius 3 is 2.61 bits per heavy atom. The average Bonchev–Trinajstić information content (AvgIpc) is 2.32. The topological polar surface area (TPSA) is 22.1 Å². The summed E-state index contributed by atoms with van der Waals surface area (Å²) in [4.78, 5) is 4.12. The van der Waals surface area contributed by atoms with E-state index >= 15 is 0 Å². The number of benzene rings is 1. The Balaban J connectivity index is 2.13. The Hall–Kier alpha value is -0.960. The molecule has 1 aromatic heterocycles. The third kappa shape index (κ3) is 3.29. The van der Waals surface area contributed by atoms with E-state index in [9.17, 15) is 0 Å². The van der Waals surface area contributed by atoms with Crippen molar-refractivity contribution in [1.29, 1.82) is 0 Å². The number of ether oxygens (including phenoxy) is 1. The predicted octanol–water partition coefficient (Wildman–Crippen LogP) is 4.93. The highest BCUT2D eigenvalue weighted by Crippen LogP contribution is 2.24. The molecular weight excluding hydrogens is 293 g/mol. The molecule has 5 heteroatoms. The monoisotopic (exact) mass is 301 g/mol. The maximum absolute atomic E-state index is 6.01. The lowest BCUT2D eigenvalue weighted by molar-refractivity contribution is 0.299. The zero-order valence-corrected chi connectivity index (χ0v) is 11.9. The number of aromatic nitrogens is 1. The van der Waals surface area contributed by atoms with Gasteiger partial charge in [0.1, 0.15) is 17.5 Å². The van der Waals surface area contributed by atoms with E-state index in [1.54, 1.807) is 18.2 Å². The predicted molar refractivity (Wildman–Crippen MR) is 74.8 cm³/mol. The van der Waals surface area contributed by atoms with Gasteiger partial charge in [0, 0.05) is 5.02 Å². The van der Waals surface area contributed by atoms with Gasteiger partial charge in [0.05, 0.1) is 10.7 Å². The summed E-state index contributed by atoms with van der Waals surface area (Å²) < 4.78 is 5.65. The van der Waals surface area contributed by atoms with Crippen molar-refractivity contribution in [2.75, 3.05) is 0 Å².